The second kappa shape index (κ2) is 10.8. The van der Waals surface area contributed by atoms with Crippen molar-refractivity contribution in [3.63, 3.8) is 0 Å². The van der Waals surface area contributed by atoms with Crippen molar-refractivity contribution in [2.24, 2.45) is 0 Å². The summed E-state index contributed by atoms with van der Waals surface area (Å²) in [6.45, 7) is 0.571. The minimum atomic E-state index is -1.90. The van der Waals surface area contributed by atoms with Gasteiger partial charge in [0.25, 0.3) is 0 Å². The smallest absolute Gasteiger partial charge is 0.119 e. The number of nitriles is 1. The van der Waals surface area contributed by atoms with Crippen LogP contribution in [0, 0.1) is 11.3 Å². The number of unbranched alkanes of at least 4 members (excludes halogenated alkanes) is 1. The largest absolute Gasteiger partial charge is 0.494 e. The zero-order chi connectivity index (χ0) is 22.1. The van der Waals surface area contributed by atoms with Crippen LogP contribution < -0.4 is 20.7 Å². The number of nitrogens with zero attached hydrogens (tertiary/aromatic N) is 1. The highest BCUT2D eigenvalue weighted by Gasteiger charge is 2.45. The van der Waals surface area contributed by atoms with Crippen molar-refractivity contribution in [1.29, 1.82) is 5.26 Å². The molecule has 0 amide bonds. The van der Waals surface area contributed by atoms with E-state index in [0.717, 1.165) is 18.3 Å². The molecular formula is C29H27NOP+. The van der Waals surface area contributed by atoms with Crippen LogP contribution in [0.1, 0.15) is 18.4 Å². The molecule has 0 heterocycles. The lowest BCUT2D eigenvalue weighted by molar-refractivity contribution is 0.312. The van der Waals surface area contributed by atoms with Gasteiger partial charge in [0, 0.05) is 6.42 Å². The predicted molar refractivity (Wildman–Crippen MR) is 136 cm³/mol. The van der Waals surface area contributed by atoms with Crippen LogP contribution in [0.25, 0.3) is 0 Å². The van der Waals surface area contributed by atoms with Crippen LogP contribution >= 0.6 is 7.26 Å². The molecule has 158 valence electrons. The van der Waals surface area contributed by atoms with Gasteiger partial charge in [-0.25, -0.2) is 0 Å². The van der Waals surface area contributed by atoms with E-state index in [1.807, 2.05) is 0 Å². The summed E-state index contributed by atoms with van der Waals surface area (Å²) in [6, 6.07) is 43.5. The van der Waals surface area contributed by atoms with E-state index in [9.17, 15) is 0 Å². The zero-order valence-electron chi connectivity index (χ0n) is 18.1. The minimum absolute atomic E-state index is 0.524. The molecular weight excluding hydrogens is 409 g/mol. The summed E-state index contributed by atoms with van der Waals surface area (Å²) >= 11 is 0. The Morgan fingerprint density at radius 3 is 1.53 bits per heavy atom. The van der Waals surface area contributed by atoms with Crippen LogP contribution in [0.4, 0.5) is 0 Å². The average Bonchev–Trinajstić information content (AvgIpc) is 2.88. The van der Waals surface area contributed by atoms with Gasteiger partial charge >= 0.3 is 0 Å². The standard InChI is InChI=1S/C29H27NOP/c30-22-10-11-23-31-26-20-18-25(19-21-26)24-32(27-12-4-1-5-13-27,28-14-6-2-7-15-28)29-16-8-3-9-17-29/h1-9,12-21H,10-11,23-24H2/q+1. The van der Waals surface area contributed by atoms with Gasteiger partial charge in [0.15, 0.2) is 0 Å². The third-order valence-corrected chi connectivity index (χ3v) is 10.0. The molecule has 2 nitrogen and oxygen atoms in total. The lowest BCUT2D eigenvalue weighted by atomic mass is 10.2. The Bertz CT molecular complexity index is 1040. The van der Waals surface area contributed by atoms with Gasteiger partial charge in [-0.3, -0.25) is 0 Å². The first-order valence-corrected chi connectivity index (χ1v) is 12.9. The van der Waals surface area contributed by atoms with Crippen molar-refractivity contribution < 1.29 is 4.74 Å². The first-order valence-electron chi connectivity index (χ1n) is 11.0. The Balaban J connectivity index is 1.74. The lowest BCUT2D eigenvalue weighted by Gasteiger charge is -2.28. The summed E-state index contributed by atoms with van der Waals surface area (Å²) in [5.41, 5.74) is 1.29. The maximum absolute atomic E-state index is 8.69. The molecule has 4 rings (SSSR count). The van der Waals surface area contributed by atoms with Crippen molar-refractivity contribution in [3.05, 3.63) is 121 Å². The molecule has 0 saturated carbocycles. The van der Waals surface area contributed by atoms with E-state index >= 15 is 0 Å². The SMILES string of the molecule is N#CCCCOc1ccc(C[P+](c2ccccc2)(c2ccccc2)c2ccccc2)cc1. The van der Waals surface area contributed by atoms with E-state index < -0.39 is 7.26 Å². The summed E-state index contributed by atoms with van der Waals surface area (Å²) in [4.78, 5) is 0. The van der Waals surface area contributed by atoms with Crippen LogP contribution in [0.15, 0.2) is 115 Å². The molecule has 32 heavy (non-hydrogen) atoms. The number of benzene rings is 4. The molecule has 0 bridgehead atoms. The number of ether oxygens (including phenoxy) is 1. The van der Waals surface area contributed by atoms with Gasteiger partial charge in [0.1, 0.15) is 28.9 Å². The molecule has 0 atom stereocenters. The second-order valence-electron chi connectivity index (χ2n) is 7.73. The molecule has 0 radical (unpaired) electrons. The fraction of sp³-hybridized carbons (Fsp3) is 0.138. The Kier molecular flexibility index (Phi) is 7.34. The van der Waals surface area contributed by atoms with E-state index in [4.69, 9.17) is 10.00 Å². The van der Waals surface area contributed by atoms with Crippen molar-refractivity contribution in [3.8, 4) is 11.8 Å². The number of rotatable bonds is 9. The van der Waals surface area contributed by atoms with Gasteiger partial charge in [-0.05, 0) is 60.5 Å². The highest BCUT2D eigenvalue weighted by Crippen LogP contribution is 2.58. The second-order valence-corrected chi connectivity index (χ2v) is 11.2. The molecule has 0 unspecified atom stereocenters. The van der Waals surface area contributed by atoms with Gasteiger partial charge in [0.2, 0.25) is 0 Å². The van der Waals surface area contributed by atoms with Gasteiger partial charge in [-0.1, -0.05) is 66.7 Å². The molecule has 3 heteroatoms. The molecule has 0 spiro atoms. The molecule has 0 N–H and O–H groups in total. The minimum Gasteiger partial charge on any atom is -0.494 e. The zero-order valence-corrected chi connectivity index (χ0v) is 19.0. The Labute approximate surface area is 191 Å². The van der Waals surface area contributed by atoms with Crippen molar-refractivity contribution in [1.82, 2.24) is 0 Å². The van der Waals surface area contributed by atoms with Gasteiger partial charge < -0.3 is 4.74 Å². The fourth-order valence-electron chi connectivity index (χ4n) is 4.07. The van der Waals surface area contributed by atoms with E-state index in [1.165, 1.54) is 21.5 Å². The van der Waals surface area contributed by atoms with Crippen LogP contribution in [0.2, 0.25) is 0 Å². The van der Waals surface area contributed by atoms with E-state index in [0.29, 0.717) is 13.0 Å². The lowest BCUT2D eigenvalue weighted by Crippen LogP contribution is -2.32. The first-order chi connectivity index (χ1) is 15.8. The predicted octanol–water partition coefficient (Wildman–Crippen LogP) is 5.86. The van der Waals surface area contributed by atoms with Crippen LogP contribution in [0.3, 0.4) is 0 Å². The summed E-state index contributed by atoms with van der Waals surface area (Å²) < 4.78 is 5.81. The molecule has 0 aromatic heterocycles. The molecule has 0 aliphatic carbocycles. The third kappa shape index (κ3) is 4.91. The Morgan fingerprint density at radius 1 is 0.625 bits per heavy atom. The Hall–Kier alpha value is -3.40. The summed E-state index contributed by atoms with van der Waals surface area (Å²) in [5.74, 6) is 0.856. The summed E-state index contributed by atoms with van der Waals surface area (Å²) in [5, 5.41) is 12.8. The van der Waals surface area contributed by atoms with E-state index in [2.05, 4.69) is 121 Å². The van der Waals surface area contributed by atoms with E-state index in [1.54, 1.807) is 0 Å². The van der Waals surface area contributed by atoms with Gasteiger partial charge in [-0.15, -0.1) is 0 Å². The van der Waals surface area contributed by atoms with Crippen molar-refractivity contribution in [2.45, 2.75) is 19.0 Å². The first kappa shape index (κ1) is 21.8. The van der Waals surface area contributed by atoms with Crippen LogP contribution in [-0.2, 0) is 6.16 Å². The maximum atomic E-state index is 8.69. The molecule has 0 aliphatic rings. The van der Waals surface area contributed by atoms with E-state index in [-0.39, 0.29) is 0 Å². The molecule has 4 aromatic rings. The van der Waals surface area contributed by atoms with Crippen molar-refractivity contribution >= 4 is 23.2 Å². The average molecular weight is 437 g/mol. The van der Waals surface area contributed by atoms with Gasteiger partial charge in [0.05, 0.1) is 18.8 Å². The monoisotopic (exact) mass is 436 g/mol. The molecule has 0 aliphatic heterocycles. The summed E-state index contributed by atoms with van der Waals surface area (Å²) in [7, 11) is -1.90. The molecule has 4 aromatic carbocycles. The number of hydrogen-bond donors (Lipinski definition) is 0. The third-order valence-electron chi connectivity index (χ3n) is 5.64. The normalized spacial score (nSPS) is 11.0. The highest BCUT2D eigenvalue weighted by molar-refractivity contribution is 7.95. The van der Waals surface area contributed by atoms with Crippen LogP contribution in [0.5, 0.6) is 5.75 Å². The topological polar surface area (TPSA) is 33.0 Å². The Morgan fingerprint density at radius 2 is 1.09 bits per heavy atom. The van der Waals surface area contributed by atoms with Crippen LogP contribution in [-0.4, -0.2) is 6.61 Å². The molecule has 0 fully saturated rings. The fourth-order valence-corrected chi connectivity index (χ4v) is 8.32. The number of hydrogen-bond acceptors (Lipinski definition) is 2. The highest BCUT2D eigenvalue weighted by atomic mass is 31.2. The quantitative estimate of drug-likeness (QED) is 0.243. The maximum Gasteiger partial charge on any atom is 0.119 e. The summed E-state index contributed by atoms with van der Waals surface area (Å²) in [6.07, 6.45) is 2.22. The molecule has 0 saturated heterocycles. The van der Waals surface area contributed by atoms with Crippen molar-refractivity contribution in [2.75, 3.05) is 6.61 Å². The van der Waals surface area contributed by atoms with Gasteiger partial charge in [-0.2, -0.15) is 5.26 Å².